The fourth-order valence-electron chi connectivity index (χ4n) is 2.59. The van der Waals surface area contributed by atoms with Crippen LogP contribution >= 0.6 is 0 Å². The van der Waals surface area contributed by atoms with Gasteiger partial charge in [-0.15, -0.1) is 0 Å². The molecule has 0 bridgehead atoms. The third-order valence-corrected chi connectivity index (χ3v) is 3.99. The number of hydrogen-bond donors (Lipinski definition) is 0. The van der Waals surface area contributed by atoms with E-state index >= 15 is 0 Å². The van der Waals surface area contributed by atoms with Crippen LogP contribution in [-0.2, 0) is 4.74 Å². The Kier molecular flexibility index (Phi) is 5.05. The highest BCUT2D eigenvalue weighted by atomic mass is 16.5. The first-order chi connectivity index (χ1) is 11.8. The predicted molar refractivity (Wildman–Crippen MR) is 94.0 cm³/mol. The molecule has 0 aliphatic carbocycles. The number of nitrogens with zero attached hydrogens (tertiary/aromatic N) is 2. The Balaban J connectivity index is 1.65. The van der Waals surface area contributed by atoms with Crippen molar-refractivity contribution in [3.05, 3.63) is 71.3 Å². The van der Waals surface area contributed by atoms with Crippen molar-refractivity contribution in [1.29, 1.82) is 5.26 Å². The summed E-state index contributed by atoms with van der Waals surface area (Å²) in [5.74, 6) is -0.0344. The molecule has 0 spiro atoms. The third kappa shape index (κ3) is 3.89. The van der Waals surface area contributed by atoms with Gasteiger partial charge in [0.2, 0.25) is 0 Å². The lowest BCUT2D eigenvalue weighted by Crippen LogP contribution is -2.36. The van der Waals surface area contributed by atoms with Crippen molar-refractivity contribution >= 4 is 17.5 Å². The Morgan fingerprint density at radius 2 is 1.71 bits per heavy atom. The average Bonchev–Trinajstić information content (AvgIpc) is 2.67. The molecule has 0 aromatic heterocycles. The van der Waals surface area contributed by atoms with Gasteiger partial charge in [0.15, 0.2) is 5.78 Å². The molecule has 1 saturated heterocycles. The number of allylic oxidation sites excluding steroid dienone is 1. The molecule has 3 rings (SSSR count). The van der Waals surface area contributed by atoms with Gasteiger partial charge in [-0.2, -0.15) is 5.26 Å². The summed E-state index contributed by atoms with van der Waals surface area (Å²) >= 11 is 0. The Morgan fingerprint density at radius 1 is 1.04 bits per heavy atom. The SMILES string of the molecule is N#Cc1ccc(/C=C/C(=O)c2ccc(N3CCOCC3)cc2)cc1. The summed E-state index contributed by atoms with van der Waals surface area (Å²) in [6.07, 6.45) is 3.32. The van der Waals surface area contributed by atoms with E-state index in [4.69, 9.17) is 10.00 Å². The zero-order valence-electron chi connectivity index (χ0n) is 13.3. The lowest BCUT2D eigenvalue weighted by Gasteiger charge is -2.28. The van der Waals surface area contributed by atoms with Crippen molar-refractivity contribution in [2.24, 2.45) is 0 Å². The Bertz CT molecular complexity index is 765. The van der Waals surface area contributed by atoms with E-state index < -0.39 is 0 Å². The van der Waals surface area contributed by atoms with Crippen LogP contribution in [0.5, 0.6) is 0 Å². The van der Waals surface area contributed by atoms with E-state index in [1.54, 1.807) is 24.3 Å². The summed E-state index contributed by atoms with van der Waals surface area (Å²) in [5, 5.41) is 8.78. The second kappa shape index (κ2) is 7.58. The summed E-state index contributed by atoms with van der Waals surface area (Å²) in [6, 6.07) is 16.9. The second-order valence-electron chi connectivity index (χ2n) is 5.58. The van der Waals surface area contributed by atoms with Crippen LogP contribution in [0.4, 0.5) is 5.69 Å². The molecule has 1 aliphatic rings. The number of carbonyl (C=O) groups excluding carboxylic acids is 1. The van der Waals surface area contributed by atoms with Crippen LogP contribution in [0.3, 0.4) is 0 Å². The number of hydrogen-bond acceptors (Lipinski definition) is 4. The average molecular weight is 318 g/mol. The molecule has 0 unspecified atom stereocenters. The van der Waals surface area contributed by atoms with Gasteiger partial charge < -0.3 is 9.64 Å². The van der Waals surface area contributed by atoms with Crippen molar-refractivity contribution in [2.45, 2.75) is 0 Å². The zero-order chi connectivity index (χ0) is 16.8. The van der Waals surface area contributed by atoms with Crippen LogP contribution in [0.2, 0.25) is 0 Å². The van der Waals surface area contributed by atoms with Gasteiger partial charge in [0.05, 0.1) is 24.8 Å². The normalized spacial score (nSPS) is 14.5. The molecule has 0 amide bonds. The Morgan fingerprint density at radius 3 is 2.33 bits per heavy atom. The van der Waals surface area contributed by atoms with E-state index in [0.29, 0.717) is 11.1 Å². The van der Waals surface area contributed by atoms with Gasteiger partial charge in [-0.25, -0.2) is 0 Å². The molecular weight excluding hydrogens is 300 g/mol. The molecular formula is C20H18N2O2. The third-order valence-electron chi connectivity index (χ3n) is 3.99. The van der Waals surface area contributed by atoms with Crippen molar-refractivity contribution in [3.63, 3.8) is 0 Å². The summed E-state index contributed by atoms with van der Waals surface area (Å²) in [7, 11) is 0. The maximum atomic E-state index is 12.3. The van der Waals surface area contributed by atoms with Crippen LogP contribution in [0.25, 0.3) is 6.08 Å². The minimum atomic E-state index is -0.0344. The lowest BCUT2D eigenvalue weighted by molar-refractivity contribution is 0.104. The maximum absolute atomic E-state index is 12.3. The van der Waals surface area contributed by atoms with Gasteiger partial charge in [-0.1, -0.05) is 18.2 Å². The first kappa shape index (κ1) is 16.0. The lowest BCUT2D eigenvalue weighted by atomic mass is 10.1. The summed E-state index contributed by atoms with van der Waals surface area (Å²) in [5.41, 5.74) is 3.28. The van der Waals surface area contributed by atoms with Gasteiger partial charge in [-0.05, 0) is 48.0 Å². The van der Waals surface area contributed by atoms with E-state index in [1.165, 1.54) is 0 Å². The summed E-state index contributed by atoms with van der Waals surface area (Å²) < 4.78 is 5.35. The number of benzene rings is 2. The molecule has 2 aromatic carbocycles. The van der Waals surface area contributed by atoms with Crippen LogP contribution in [0.1, 0.15) is 21.5 Å². The van der Waals surface area contributed by atoms with Crippen LogP contribution in [0.15, 0.2) is 54.6 Å². The van der Waals surface area contributed by atoms with Gasteiger partial charge in [0, 0.05) is 24.3 Å². The standard InChI is InChI=1S/C20H18N2O2/c21-15-17-3-1-16(2-4-17)5-10-20(23)18-6-8-19(9-7-18)22-11-13-24-14-12-22/h1-10H,11-14H2/b10-5+. The molecule has 0 atom stereocenters. The van der Waals surface area contributed by atoms with Crippen molar-refractivity contribution in [2.75, 3.05) is 31.2 Å². The minimum absolute atomic E-state index is 0.0344. The van der Waals surface area contributed by atoms with Crippen molar-refractivity contribution < 1.29 is 9.53 Å². The van der Waals surface area contributed by atoms with E-state index in [2.05, 4.69) is 11.0 Å². The molecule has 0 radical (unpaired) electrons. The van der Waals surface area contributed by atoms with Crippen LogP contribution < -0.4 is 4.90 Å². The number of nitriles is 1. The quantitative estimate of drug-likeness (QED) is 0.641. The number of anilines is 1. The number of ketones is 1. The van der Waals surface area contributed by atoms with Crippen molar-refractivity contribution in [3.8, 4) is 6.07 Å². The first-order valence-electron chi connectivity index (χ1n) is 7.91. The van der Waals surface area contributed by atoms with Crippen LogP contribution in [-0.4, -0.2) is 32.1 Å². The fraction of sp³-hybridized carbons (Fsp3) is 0.200. The molecule has 4 nitrogen and oxygen atoms in total. The molecule has 2 aromatic rings. The molecule has 0 N–H and O–H groups in total. The Hall–Kier alpha value is -2.90. The van der Waals surface area contributed by atoms with Gasteiger partial charge >= 0.3 is 0 Å². The van der Waals surface area contributed by atoms with Gasteiger partial charge in [-0.3, -0.25) is 4.79 Å². The molecule has 4 heteroatoms. The summed E-state index contributed by atoms with van der Waals surface area (Å²) in [6.45, 7) is 3.25. The number of rotatable bonds is 4. The largest absolute Gasteiger partial charge is 0.378 e. The zero-order valence-corrected chi connectivity index (χ0v) is 13.3. The van der Waals surface area contributed by atoms with E-state index in [9.17, 15) is 4.79 Å². The molecule has 0 saturated carbocycles. The maximum Gasteiger partial charge on any atom is 0.185 e. The topological polar surface area (TPSA) is 53.3 Å². The predicted octanol–water partition coefficient (Wildman–Crippen LogP) is 3.29. The van der Waals surface area contributed by atoms with Crippen LogP contribution in [0, 0.1) is 11.3 Å². The summed E-state index contributed by atoms with van der Waals surface area (Å²) in [4.78, 5) is 14.5. The van der Waals surface area contributed by atoms with Crippen molar-refractivity contribution in [1.82, 2.24) is 0 Å². The van der Waals surface area contributed by atoms with Gasteiger partial charge in [0.25, 0.3) is 0 Å². The number of morpholine rings is 1. The fourth-order valence-corrected chi connectivity index (χ4v) is 2.59. The minimum Gasteiger partial charge on any atom is -0.378 e. The monoisotopic (exact) mass is 318 g/mol. The first-order valence-corrected chi connectivity index (χ1v) is 7.91. The molecule has 1 aliphatic heterocycles. The molecule has 24 heavy (non-hydrogen) atoms. The van der Waals surface area contributed by atoms with E-state index in [1.807, 2.05) is 36.4 Å². The highest BCUT2D eigenvalue weighted by Crippen LogP contribution is 2.17. The number of ether oxygens (including phenoxy) is 1. The molecule has 1 fully saturated rings. The molecule has 120 valence electrons. The highest BCUT2D eigenvalue weighted by molar-refractivity contribution is 6.06. The highest BCUT2D eigenvalue weighted by Gasteiger charge is 2.11. The molecule has 1 heterocycles. The van der Waals surface area contributed by atoms with Gasteiger partial charge in [0.1, 0.15) is 0 Å². The number of carbonyl (C=O) groups is 1. The second-order valence-corrected chi connectivity index (χ2v) is 5.58. The Labute approximate surface area is 141 Å². The van der Waals surface area contributed by atoms with E-state index in [-0.39, 0.29) is 5.78 Å². The van der Waals surface area contributed by atoms with E-state index in [0.717, 1.165) is 37.6 Å². The smallest absolute Gasteiger partial charge is 0.185 e.